The second-order valence-corrected chi connectivity index (χ2v) is 5.86. The summed E-state index contributed by atoms with van der Waals surface area (Å²) in [5, 5.41) is 14.3. The van der Waals surface area contributed by atoms with Crippen molar-refractivity contribution in [3.63, 3.8) is 0 Å². The number of pyridine rings is 1. The molecule has 4 N–H and O–H groups in total. The van der Waals surface area contributed by atoms with Crippen LogP contribution in [0.2, 0.25) is 0 Å². The van der Waals surface area contributed by atoms with Gasteiger partial charge in [0.1, 0.15) is 0 Å². The van der Waals surface area contributed by atoms with Crippen LogP contribution in [-0.2, 0) is 0 Å². The van der Waals surface area contributed by atoms with Gasteiger partial charge in [-0.2, -0.15) is 0 Å². The third kappa shape index (κ3) is 2.78. The number of nitrogens with zero attached hydrogens (tertiary/aromatic N) is 1. The molecule has 1 aliphatic carbocycles. The number of rotatable bonds is 3. The van der Waals surface area contributed by atoms with E-state index in [0.29, 0.717) is 23.4 Å². The number of nitrogens with two attached hydrogens (primary N) is 1. The highest BCUT2D eigenvalue weighted by Crippen LogP contribution is 2.32. The number of aliphatic hydroxyl groups is 1. The van der Waals surface area contributed by atoms with Crippen molar-refractivity contribution in [3.05, 3.63) is 30.2 Å². The second kappa shape index (κ2) is 5.48. The van der Waals surface area contributed by atoms with Crippen molar-refractivity contribution in [2.75, 3.05) is 17.6 Å². The van der Waals surface area contributed by atoms with E-state index in [2.05, 4.69) is 10.3 Å². The van der Waals surface area contributed by atoms with Gasteiger partial charge in [-0.3, -0.25) is 4.98 Å². The van der Waals surface area contributed by atoms with Crippen molar-refractivity contribution in [2.45, 2.75) is 37.7 Å². The maximum absolute atomic E-state index is 14.2. The molecule has 0 unspecified atom stereocenters. The van der Waals surface area contributed by atoms with Crippen LogP contribution >= 0.6 is 0 Å². The van der Waals surface area contributed by atoms with Gasteiger partial charge in [-0.15, -0.1) is 0 Å². The van der Waals surface area contributed by atoms with Gasteiger partial charge in [-0.1, -0.05) is 19.3 Å². The van der Waals surface area contributed by atoms with E-state index in [9.17, 15) is 9.50 Å². The van der Waals surface area contributed by atoms with Crippen LogP contribution < -0.4 is 11.1 Å². The molecule has 0 saturated heterocycles. The number of nitrogens with one attached hydrogen (secondary N) is 1. The molecule has 1 aromatic heterocycles. The molecule has 1 fully saturated rings. The maximum Gasteiger partial charge on any atom is 0.150 e. The first-order valence-electron chi connectivity index (χ1n) is 7.38. The molecular formula is C16H20FN3O. The molecule has 1 heterocycles. The van der Waals surface area contributed by atoms with E-state index < -0.39 is 11.4 Å². The van der Waals surface area contributed by atoms with Gasteiger partial charge >= 0.3 is 0 Å². The summed E-state index contributed by atoms with van der Waals surface area (Å²) in [6.07, 6.45) is 6.30. The Balaban J connectivity index is 1.90. The molecule has 0 atom stereocenters. The zero-order valence-corrected chi connectivity index (χ0v) is 11.9. The van der Waals surface area contributed by atoms with Crippen LogP contribution in [-0.4, -0.2) is 22.2 Å². The molecule has 0 aliphatic heterocycles. The predicted octanol–water partition coefficient (Wildman–Crippen LogP) is 3.06. The lowest BCUT2D eigenvalue weighted by molar-refractivity contribution is 0.0167. The van der Waals surface area contributed by atoms with Gasteiger partial charge in [-0.25, -0.2) is 4.39 Å². The fourth-order valence-corrected chi connectivity index (χ4v) is 3.04. The van der Waals surface area contributed by atoms with Gasteiger partial charge in [0.05, 0.1) is 16.8 Å². The highest BCUT2D eigenvalue weighted by molar-refractivity contribution is 5.98. The van der Waals surface area contributed by atoms with Gasteiger partial charge in [-0.05, 0) is 31.0 Å². The molecule has 2 aromatic rings. The molecule has 1 saturated carbocycles. The van der Waals surface area contributed by atoms with E-state index in [1.807, 2.05) is 6.07 Å². The van der Waals surface area contributed by atoms with E-state index in [1.54, 1.807) is 12.3 Å². The van der Waals surface area contributed by atoms with Gasteiger partial charge in [0.15, 0.2) is 5.82 Å². The Morgan fingerprint density at radius 1 is 1.33 bits per heavy atom. The number of anilines is 2. The number of fused-ring (bicyclic) bond motifs is 1. The molecule has 0 bridgehead atoms. The number of hydrogen-bond acceptors (Lipinski definition) is 4. The van der Waals surface area contributed by atoms with Gasteiger partial charge in [0, 0.05) is 23.8 Å². The largest absolute Gasteiger partial charge is 0.398 e. The fourth-order valence-electron chi connectivity index (χ4n) is 3.04. The molecule has 4 nitrogen and oxygen atoms in total. The minimum Gasteiger partial charge on any atom is -0.398 e. The first-order valence-corrected chi connectivity index (χ1v) is 7.38. The summed E-state index contributed by atoms with van der Waals surface area (Å²) >= 11 is 0. The summed E-state index contributed by atoms with van der Waals surface area (Å²) in [4.78, 5) is 4.23. The molecule has 3 rings (SSSR count). The molecule has 0 amide bonds. The topological polar surface area (TPSA) is 71.2 Å². The smallest absolute Gasteiger partial charge is 0.150 e. The zero-order chi connectivity index (χ0) is 14.9. The first-order chi connectivity index (χ1) is 10.1. The summed E-state index contributed by atoms with van der Waals surface area (Å²) in [5.74, 6) is -0.432. The summed E-state index contributed by atoms with van der Waals surface area (Å²) in [6, 6.07) is 4.89. The number of benzene rings is 1. The Kier molecular flexibility index (Phi) is 3.68. The Morgan fingerprint density at radius 2 is 2.10 bits per heavy atom. The highest BCUT2D eigenvalue weighted by Gasteiger charge is 2.29. The Morgan fingerprint density at radius 3 is 2.86 bits per heavy atom. The lowest BCUT2D eigenvalue weighted by Gasteiger charge is -2.32. The van der Waals surface area contributed by atoms with E-state index in [4.69, 9.17) is 5.73 Å². The van der Waals surface area contributed by atoms with Crippen LogP contribution in [0, 0.1) is 5.82 Å². The Bertz CT molecular complexity index is 653. The minimum absolute atomic E-state index is 0.318. The van der Waals surface area contributed by atoms with E-state index in [-0.39, 0.29) is 0 Å². The van der Waals surface area contributed by atoms with Crippen LogP contribution in [0.3, 0.4) is 0 Å². The molecule has 21 heavy (non-hydrogen) atoms. The van der Waals surface area contributed by atoms with E-state index >= 15 is 0 Å². The van der Waals surface area contributed by atoms with Crippen molar-refractivity contribution in [1.82, 2.24) is 4.98 Å². The average Bonchev–Trinajstić information content (AvgIpc) is 2.48. The van der Waals surface area contributed by atoms with Crippen molar-refractivity contribution in [1.29, 1.82) is 0 Å². The van der Waals surface area contributed by atoms with Crippen molar-refractivity contribution in [2.24, 2.45) is 0 Å². The van der Waals surface area contributed by atoms with Crippen molar-refractivity contribution in [3.8, 4) is 0 Å². The average molecular weight is 289 g/mol. The monoisotopic (exact) mass is 289 g/mol. The van der Waals surface area contributed by atoms with E-state index in [1.165, 1.54) is 6.07 Å². The molecule has 0 spiro atoms. The third-order valence-corrected chi connectivity index (χ3v) is 4.26. The van der Waals surface area contributed by atoms with Crippen molar-refractivity contribution >= 4 is 22.3 Å². The number of halogens is 1. The van der Waals surface area contributed by atoms with Crippen LogP contribution in [0.25, 0.3) is 10.9 Å². The normalized spacial score (nSPS) is 17.8. The molecule has 1 aromatic carbocycles. The number of aromatic nitrogens is 1. The standard InChI is InChI=1S/C16H20FN3O/c17-12-9-13(18)11-5-4-8-19-14(11)15(12)20-10-16(21)6-2-1-3-7-16/h4-5,8-9,20-21H,1-3,6-7,10,18H2. The molecule has 112 valence electrons. The SMILES string of the molecule is Nc1cc(F)c(NCC2(O)CCCCC2)c2ncccc12. The quantitative estimate of drug-likeness (QED) is 0.759. The van der Waals surface area contributed by atoms with Crippen molar-refractivity contribution < 1.29 is 9.50 Å². The number of hydrogen-bond donors (Lipinski definition) is 3. The lowest BCUT2D eigenvalue weighted by Crippen LogP contribution is -2.39. The predicted molar refractivity (Wildman–Crippen MR) is 82.6 cm³/mol. The van der Waals surface area contributed by atoms with Crippen LogP contribution in [0.15, 0.2) is 24.4 Å². The Hall–Kier alpha value is -1.88. The lowest BCUT2D eigenvalue weighted by atomic mass is 9.85. The number of nitrogen functional groups attached to an aromatic ring is 1. The summed E-state index contributed by atoms with van der Waals surface area (Å²) in [6.45, 7) is 0.333. The fraction of sp³-hybridized carbons (Fsp3) is 0.438. The molecule has 1 aliphatic rings. The molecule has 5 heteroatoms. The third-order valence-electron chi connectivity index (χ3n) is 4.26. The highest BCUT2D eigenvalue weighted by atomic mass is 19.1. The van der Waals surface area contributed by atoms with Crippen LogP contribution in [0.1, 0.15) is 32.1 Å². The second-order valence-electron chi connectivity index (χ2n) is 5.86. The van der Waals surface area contributed by atoms with Crippen LogP contribution in [0.5, 0.6) is 0 Å². The summed E-state index contributed by atoms with van der Waals surface area (Å²) in [7, 11) is 0. The summed E-state index contributed by atoms with van der Waals surface area (Å²) in [5.41, 5.74) is 6.28. The van der Waals surface area contributed by atoms with Gasteiger partial charge in [0.25, 0.3) is 0 Å². The molecule has 0 radical (unpaired) electrons. The maximum atomic E-state index is 14.2. The molecular weight excluding hydrogens is 269 g/mol. The Labute approximate surface area is 123 Å². The minimum atomic E-state index is -0.757. The van der Waals surface area contributed by atoms with Gasteiger partial charge < -0.3 is 16.2 Å². The summed E-state index contributed by atoms with van der Waals surface area (Å²) < 4.78 is 14.2. The van der Waals surface area contributed by atoms with E-state index in [0.717, 1.165) is 37.5 Å². The zero-order valence-electron chi connectivity index (χ0n) is 11.9. The first kappa shape index (κ1) is 14.1. The van der Waals surface area contributed by atoms with Gasteiger partial charge in [0.2, 0.25) is 0 Å². The van der Waals surface area contributed by atoms with Crippen LogP contribution in [0.4, 0.5) is 15.8 Å².